The lowest BCUT2D eigenvalue weighted by Gasteiger charge is -2.31. The first-order chi connectivity index (χ1) is 6.40. The van der Waals surface area contributed by atoms with Gasteiger partial charge in [0.05, 0.1) is 0 Å². The monoisotopic (exact) mass is 180 g/mol. The molecular formula is C11H20N2. The van der Waals surface area contributed by atoms with Crippen molar-refractivity contribution in [2.24, 2.45) is 11.7 Å². The van der Waals surface area contributed by atoms with E-state index in [4.69, 9.17) is 5.73 Å². The average molecular weight is 180 g/mol. The molecule has 4 fully saturated rings. The maximum Gasteiger partial charge on any atom is 0.0253 e. The molecule has 0 aromatic rings. The standard InChI is InChI=1S/C11H20N2/c12-7-11-8-5-10(6-8)13(11)9-3-1-2-4-9/h8-11H,1-7,12H2. The third-order valence-corrected chi connectivity index (χ3v) is 4.49. The van der Waals surface area contributed by atoms with Gasteiger partial charge in [-0.15, -0.1) is 0 Å². The van der Waals surface area contributed by atoms with Gasteiger partial charge in [0, 0.05) is 24.7 Å². The summed E-state index contributed by atoms with van der Waals surface area (Å²) in [5.74, 6) is 0.968. The Morgan fingerprint density at radius 3 is 2.38 bits per heavy atom. The first-order valence-electron chi connectivity index (χ1n) is 5.87. The summed E-state index contributed by atoms with van der Waals surface area (Å²) < 4.78 is 0. The highest BCUT2D eigenvalue weighted by molar-refractivity contribution is 5.07. The molecule has 2 N–H and O–H groups in total. The fourth-order valence-electron chi connectivity index (χ4n) is 3.79. The van der Waals surface area contributed by atoms with E-state index in [1.807, 2.05) is 0 Å². The molecule has 2 saturated carbocycles. The van der Waals surface area contributed by atoms with Crippen molar-refractivity contribution < 1.29 is 0 Å². The van der Waals surface area contributed by atoms with E-state index in [0.717, 1.165) is 30.6 Å². The normalized spacial score (nSPS) is 45.5. The van der Waals surface area contributed by atoms with E-state index in [1.54, 1.807) is 0 Å². The van der Waals surface area contributed by atoms with Crippen LogP contribution < -0.4 is 5.73 Å². The molecule has 13 heavy (non-hydrogen) atoms. The molecule has 2 aliphatic carbocycles. The predicted molar refractivity (Wildman–Crippen MR) is 53.4 cm³/mol. The van der Waals surface area contributed by atoms with Crippen molar-refractivity contribution in [3.8, 4) is 0 Å². The highest BCUT2D eigenvalue weighted by atomic mass is 15.3. The number of rotatable bonds is 2. The lowest BCUT2D eigenvalue weighted by atomic mass is 9.83. The topological polar surface area (TPSA) is 29.3 Å². The largest absolute Gasteiger partial charge is 0.329 e. The highest BCUT2D eigenvalue weighted by Gasteiger charge is 2.52. The summed E-state index contributed by atoms with van der Waals surface area (Å²) in [6, 6.07) is 2.60. The maximum absolute atomic E-state index is 5.87. The van der Waals surface area contributed by atoms with E-state index < -0.39 is 0 Å². The minimum Gasteiger partial charge on any atom is -0.329 e. The van der Waals surface area contributed by atoms with E-state index in [-0.39, 0.29) is 0 Å². The quantitative estimate of drug-likeness (QED) is 0.695. The first kappa shape index (κ1) is 8.25. The van der Waals surface area contributed by atoms with Gasteiger partial charge in [-0.3, -0.25) is 4.90 Å². The zero-order valence-corrected chi connectivity index (χ0v) is 8.28. The Balaban J connectivity index is 1.74. The lowest BCUT2D eigenvalue weighted by Crippen LogP contribution is -2.42. The van der Waals surface area contributed by atoms with E-state index in [1.165, 1.54) is 38.5 Å². The minimum atomic E-state index is 0.757. The van der Waals surface area contributed by atoms with E-state index in [9.17, 15) is 0 Å². The maximum atomic E-state index is 5.87. The number of nitrogens with zero attached hydrogens (tertiary/aromatic N) is 1. The molecule has 2 heterocycles. The predicted octanol–water partition coefficient (Wildman–Crippen LogP) is 1.35. The summed E-state index contributed by atoms with van der Waals surface area (Å²) in [4.78, 5) is 2.79. The van der Waals surface area contributed by atoms with Crippen LogP contribution in [0, 0.1) is 5.92 Å². The summed E-state index contributed by atoms with van der Waals surface area (Å²) in [6.45, 7) is 0.900. The lowest BCUT2D eigenvalue weighted by molar-refractivity contribution is 0.158. The number of hydrogen-bond donors (Lipinski definition) is 1. The van der Waals surface area contributed by atoms with Gasteiger partial charge in [-0.05, 0) is 31.6 Å². The molecule has 2 saturated heterocycles. The molecule has 0 amide bonds. The van der Waals surface area contributed by atoms with Gasteiger partial charge in [0.2, 0.25) is 0 Å². The van der Waals surface area contributed by atoms with Crippen molar-refractivity contribution in [1.29, 1.82) is 0 Å². The van der Waals surface area contributed by atoms with Gasteiger partial charge in [0.15, 0.2) is 0 Å². The molecule has 74 valence electrons. The first-order valence-corrected chi connectivity index (χ1v) is 5.87. The molecule has 1 unspecified atom stereocenters. The molecule has 0 aromatic carbocycles. The molecule has 2 nitrogen and oxygen atoms in total. The second-order valence-corrected chi connectivity index (χ2v) is 5.07. The van der Waals surface area contributed by atoms with Crippen LogP contribution in [0.15, 0.2) is 0 Å². The Bertz CT molecular complexity index is 192. The van der Waals surface area contributed by atoms with Gasteiger partial charge in [-0.2, -0.15) is 0 Å². The van der Waals surface area contributed by atoms with Crippen LogP contribution in [-0.2, 0) is 0 Å². The van der Waals surface area contributed by atoms with Crippen molar-refractivity contribution in [3.63, 3.8) is 0 Å². The average Bonchev–Trinajstić information content (AvgIpc) is 2.74. The van der Waals surface area contributed by atoms with Crippen LogP contribution in [0.3, 0.4) is 0 Å². The fraction of sp³-hybridized carbons (Fsp3) is 1.00. The van der Waals surface area contributed by atoms with Crippen LogP contribution >= 0.6 is 0 Å². The molecule has 0 radical (unpaired) electrons. The highest BCUT2D eigenvalue weighted by Crippen LogP contribution is 2.48. The van der Waals surface area contributed by atoms with Crippen LogP contribution in [0.1, 0.15) is 38.5 Å². The van der Waals surface area contributed by atoms with Gasteiger partial charge in [-0.25, -0.2) is 0 Å². The van der Waals surface area contributed by atoms with Crippen molar-refractivity contribution in [2.75, 3.05) is 6.54 Å². The molecule has 0 aromatic heterocycles. The third kappa shape index (κ3) is 1.08. The number of fused-ring (bicyclic) bond motifs is 1. The van der Waals surface area contributed by atoms with Crippen molar-refractivity contribution in [3.05, 3.63) is 0 Å². The Morgan fingerprint density at radius 2 is 1.77 bits per heavy atom. The molecule has 2 heteroatoms. The van der Waals surface area contributed by atoms with Crippen molar-refractivity contribution >= 4 is 0 Å². The van der Waals surface area contributed by atoms with Gasteiger partial charge in [-0.1, -0.05) is 12.8 Å². The molecular weight excluding hydrogens is 160 g/mol. The number of hydrogen-bond acceptors (Lipinski definition) is 2. The van der Waals surface area contributed by atoms with Gasteiger partial charge in [0.25, 0.3) is 0 Å². The summed E-state index contributed by atoms with van der Waals surface area (Å²) in [5, 5.41) is 0. The summed E-state index contributed by atoms with van der Waals surface area (Å²) in [6.07, 6.45) is 8.71. The second-order valence-electron chi connectivity index (χ2n) is 5.07. The molecule has 2 aliphatic heterocycles. The minimum absolute atomic E-state index is 0.757. The van der Waals surface area contributed by atoms with Crippen LogP contribution in [0.25, 0.3) is 0 Å². The summed E-state index contributed by atoms with van der Waals surface area (Å²) in [7, 11) is 0. The Morgan fingerprint density at radius 1 is 1.08 bits per heavy atom. The summed E-state index contributed by atoms with van der Waals surface area (Å²) in [5.41, 5.74) is 5.87. The molecule has 4 aliphatic rings. The zero-order valence-electron chi connectivity index (χ0n) is 8.28. The van der Waals surface area contributed by atoms with Crippen molar-refractivity contribution in [2.45, 2.75) is 56.7 Å². The van der Waals surface area contributed by atoms with E-state index in [2.05, 4.69) is 4.90 Å². The fourth-order valence-corrected chi connectivity index (χ4v) is 3.79. The Kier molecular flexibility index (Phi) is 1.88. The molecule has 0 spiro atoms. The number of nitrogens with two attached hydrogens (primary N) is 1. The van der Waals surface area contributed by atoms with Crippen molar-refractivity contribution in [1.82, 2.24) is 4.90 Å². The van der Waals surface area contributed by atoms with Crippen LogP contribution in [-0.4, -0.2) is 29.6 Å². The molecule has 4 rings (SSSR count). The molecule has 1 atom stereocenters. The third-order valence-electron chi connectivity index (χ3n) is 4.49. The van der Waals surface area contributed by atoms with Crippen LogP contribution in [0.5, 0.6) is 0 Å². The summed E-state index contributed by atoms with van der Waals surface area (Å²) >= 11 is 0. The Hall–Kier alpha value is -0.0800. The Labute approximate surface area is 80.5 Å². The van der Waals surface area contributed by atoms with Crippen LogP contribution in [0.4, 0.5) is 0 Å². The van der Waals surface area contributed by atoms with Crippen LogP contribution in [0.2, 0.25) is 0 Å². The van der Waals surface area contributed by atoms with Gasteiger partial charge >= 0.3 is 0 Å². The van der Waals surface area contributed by atoms with Gasteiger partial charge in [0.1, 0.15) is 0 Å². The van der Waals surface area contributed by atoms with Gasteiger partial charge < -0.3 is 5.73 Å². The van der Waals surface area contributed by atoms with E-state index >= 15 is 0 Å². The zero-order chi connectivity index (χ0) is 8.84. The molecule has 2 bridgehead atoms. The SMILES string of the molecule is NCC1C2CC(C2)N1C1CCCC1. The smallest absolute Gasteiger partial charge is 0.0253 e. The second kappa shape index (κ2) is 2.96. The van der Waals surface area contributed by atoms with E-state index in [0.29, 0.717) is 0 Å².